The Balaban J connectivity index is 2.06. The van der Waals surface area contributed by atoms with Crippen molar-refractivity contribution < 1.29 is 8.42 Å². The zero-order chi connectivity index (χ0) is 15.6. The van der Waals surface area contributed by atoms with Gasteiger partial charge in [-0.1, -0.05) is 12.1 Å². The van der Waals surface area contributed by atoms with Gasteiger partial charge in [-0.05, 0) is 31.5 Å². The van der Waals surface area contributed by atoms with Crippen molar-refractivity contribution in [1.29, 1.82) is 0 Å². The Kier molecular flexibility index (Phi) is 4.34. The summed E-state index contributed by atoms with van der Waals surface area (Å²) in [4.78, 5) is 0. The van der Waals surface area contributed by atoms with E-state index in [1.54, 1.807) is 28.9 Å². The minimum atomic E-state index is -3.40. The molecular weight excluding hydrogens is 288 g/mol. The monoisotopic (exact) mass is 308 g/mol. The highest BCUT2D eigenvalue weighted by Crippen LogP contribution is 2.13. The largest absolute Gasteiger partial charge is 0.399 e. The molecule has 2 aromatic rings. The van der Waals surface area contributed by atoms with E-state index in [1.807, 2.05) is 20.9 Å². The first-order chi connectivity index (χ1) is 9.78. The number of rotatable bonds is 5. The lowest BCUT2D eigenvalue weighted by Crippen LogP contribution is -2.25. The van der Waals surface area contributed by atoms with Gasteiger partial charge in [0.05, 0.1) is 11.4 Å². The van der Waals surface area contributed by atoms with Crippen molar-refractivity contribution in [3.63, 3.8) is 0 Å². The standard InChI is InChI=1S/C14H20N4O2S/c1-10-14(11(2)18(3)17-10)8-16-21(19,20)9-12-4-6-13(15)7-5-12/h4-7,16H,8-9,15H2,1-3H3. The van der Waals surface area contributed by atoms with Gasteiger partial charge in [-0.2, -0.15) is 5.10 Å². The molecule has 21 heavy (non-hydrogen) atoms. The highest BCUT2D eigenvalue weighted by atomic mass is 32.2. The number of nitrogens with two attached hydrogens (primary N) is 1. The molecule has 0 radical (unpaired) electrons. The van der Waals surface area contributed by atoms with Gasteiger partial charge in [-0.15, -0.1) is 0 Å². The number of nitrogen functional groups attached to an aromatic ring is 1. The van der Waals surface area contributed by atoms with Gasteiger partial charge >= 0.3 is 0 Å². The van der Waals surface area contributed by atoms with E-state index in [9.17, 15) is 8.42 Å². The van der Waals surface area contributed by atoms with Gasteiger partial charge in [0.1, 0.15) is 0 Å². The average molecular weight is 308 g/mol. The number of nitrogens with one attached hydrogen (secondary N) is 1. The molecule has 0 amide bonds. The van der Waals surface area contributed by atoms with Gasteiger partial charge in [-0.3, -0.25) is 4.68 Å². The number of sulfonamides is 1. The number of nitrogens with zero attached hydrogens (tertiary/aromatic N) is 2. The van der Waals surface area contributed by atoms with E-state index in [2.05, 4.69) is 9.82 Å². The highest BCUT2D eigenvalue weighted by molar-refractivity contribution is 7.88. The lowest BCUT2D eigenvalue weighted by atomic mass is 10.2. The van der Waals surface area contributed by atoms with Crippen molar-refractivity contribution in [3.05, 3.63) is 46.8 Å². The third-order valence-electron chi connectivity index (χ3n) is 3.46. The van der Waals surface area contributed by atoms with Crippen molar-refractivity contribution in [2.45, 2.75) is 26.1 Å². The summed E-state index contributed by atoms with van der Waals surface area (Å²) in [6.45, 7) is 4.04. The number of benzene rings is 1. The van der Waals surface area contributed by atoms with E-state index in [4.69, 9.17) is 5.73 Å². The van der Waals surface area contributed by atoms with Crippen LogP contribution in [0.1, 0.15) is 22.5 Å². The third kappa shape index (κ3) is 3.83. The van der Waals surface area contributed by atoms with Crippen molar-refractivity contribution in [2.24, 2.45) is 7.05 Å². The number of anilines is 1. The van der Waals surface area contributed by atoms with Crippen LogP contribution in [0.5, 0.6) is 0 Å². The molecule has 7 heteroatoms. The second-order valence-electron chi connectivity index (χ2n) is 5.09. The quantitative estimate of drug-likeness (QED) is 0.813. The second kappa shape index (κ2) is 5.87. The Morgan fingerprint density at radius 3 is 2.38 bits per heavy atom. The normalized spacial score (nSPS) is 11.8. The molecule has 0 bridgehead atoms. The predicted molar refractivity (Wildman–Crippen MR) is 83.0 cm³/mol. The summed E-state index contributed by atoms with van der Waals surface area (Å²) in [5.74, 6) is -0.0639. The molecule has 3 N–H and O–H groups in total. The predicted octanol–water partition coefficient (Wildman–Crippen LogP) is 1.24. The molecule has 114 valence electrons. The Bertz CT molecular complexity index is 733. The van der Waals surface area contributed by atoms with E-state index in [-0.39, 0.29) is 12.3 Å². The minimum Gasteiger partial charge on any atom is -0.399 e. The maximum Gasteiger partial charge on any atom is 0.216 e. The zero-order valence-electron chi connectivity index (χ0n) is 12.4. The first-order valence-corrected chi connectivity index (χ1v) is 8.24. The van der Waals surface area contributed by atoms with Gasteiger partial charge in [-0.25, -0.2) is 13.1 Å². The van der Waals surface area contributed by atoms with Crippen LogP contribution in [0.4, 0.5) is 5.69 Å². The zero-order valence-corrected chi connectivity index (χ0v) is 13.2. The smallest absolute Gasteiger partial charge is 0.216 e. The highest BCUT2D eigenvalue weighted by Gasteiger charge is 2.15. The van der Waals surface area contributed by atoms with Crippen molar-refractivity contribution in [3.8, 4) is 0 Å². The summed E-state index contributed by atoms with van der Waals surface area (Å²) in [5, 5.41) is 4.27. The Morgan fingerprint density at radius 2 is 1.86 bits per heavy atom. The van der Waals surface area contributed by atoms with Crippen LogP contribution < -0.4 is 10.5 Å². The van der Waals surface area contributed by atoms with E-state index < -0.39 is 10.0 Å². The minimum absolute atomic E-state index is 0.0639. The first-order valence-electron chi connectivity index (χ1n) is 6.59. The van der Waals surface area contributed by atoms with Crippen LogP contribution >= 0.6 is 0 Å². The van der Waals surface area contributed by atoms with E-state index in [0.717, 1.165) is 17.0 Å². The van der Waals surface area contributed by atoms with Crippen molar-refractivity contribution in [2.75, 3.05) is 5.73 Å². The molecule has 0 saturated carbocycles. The van der Waals surface area contributed by atoms with Gasteiger partial charge < -0.3 is 5.73 Å². The molecule has 0 aliphatic carbocycles. The number of hydrogen-bond donors (Lipinski definition) is 2. The summed E-state index contributed by atoms with van der Waals surface area (Å²) in [6, 6.07) is 6.82. The van der Waals surface area contributed by atoms with Gasteiger partial charge in [0.15, 0.2) is 0 Å². The topological polar surface area (TPSA) is 90.0 Å². The van der Waals surface area contributed by atoms with Crippen LogP contribution in [0.15, 0.2) is 24.3 Å². The molecular formula is C14H20N4O2S. The fourth-order valence-electron chi connectivity index (χ4n) is 2.14. The molecule has 1 heterocycles. The van der Waals surface area contributed by atoms with Crippen LogP contribution in [0.2, 0.25) is 0 Å². The third-order valence-corrected chi connectivity index (χ3v) is 4.76. The van der Waals surface area contributed by atoms with Crippen LogP contribution in [0.3, 0.4) is 0 Å². The van der Waals surface area contributed by atoms with Crippen LogP contribution in [-0.2, 0) is 29.4 Å². The summed E-state index contributed by atoms with van der Waals surface area (Å²) < 4.78 is 28.6. The SMILES string of the molecule is Cc1nn(C)c(C)c1CNS(=O)(=O)Cc1ccc(N)cc1. The second-order valence-corrected chi connectivity index (χ2v) is 6.90. The number of aromatic nitrogens is 2. The molecule has 0 aliphatic heterocycles. The maximum atomic E-state index is 12.1. The summed E-state index contributed by atoms with van der Waals surface area (Å²) in [5.41, 5.74) is 9.62. The summed E-state index contributed by atoms with van der Waals surface area (Å²) in [6.07, 6.45) is 0. The van der Waals surface area contributed by atoms with Crippen molar-refractivity contribution >= 4 is 15.7 Å². The van der Waals surface area contributed by atoms with E-state index in [0.29, 0.717) is 11.3 Å². The molecule has 6 nitrogen and oxygen atoms in total. The first kappa shape index (κ1) is 15.5. The van der Waals surface area contributed by atoms with Gasteiger partial charge in [0.25, 0.3) is 0 Å². The fraction of sp³-hybridized carbons (Fsp3) is 0.357. The molecule has 0 aliphatic rings. The molecule has 1 aromatic carbocycles. The van der Waals surface area contributed by atoms with Gasteiger partial charge in [0.2, 0.25) is 10.0 Å². The Labute approximate surface area is 125 Å². The molecule has 0 unspecified atom stereocenters. The molecule has 0 saturated heterocycles. The Hall–Kier alpha value is -1.86. The van der Waals surface area contributed by atoms with Crippen molar-refractivity contribution in [1.82, 2.24) is 14.5 Å². The average Bonchev–Trinajstić information content (AvgIpc) is 2.64. The fourth-order valence-corrected chi connectivity index (χ4v) is 3.24. The van der Waals surface area contributed by atoms with Gasteiger partial charge in [0, 0.05) is 30.5 Å². The summed E-state index contributed by atoms with van der Waals surface area (Å²) >= 11 is 0. The molecule has 0 atom stereocenters. The molecule has 2 rings (SSSR count). The van der Waals surface area contributed by atoms with E-state index >= 15 is 0 Å². The lowest BCUT2D eigenvalue weighted by Gasteiger charge is -2.07. The molecule has 0 fully saturated rings. The van der Waals surface area contributed by atoms with Crippen LogP contribution in [0.25, 0.3) is 0 Å². The Morgan fingerprint density at radius 1 is 1.24 bits per heavy atom. The summed E-state index contributed by atoms with van der Waals surface area (Å²) in [7, 11) is -1.56. The molecule has 1 aromatic heterocycles. The lowest BCUT2D eigenvalue weighted by molar-refractivity contribution is 0.580. The maximum absolute atomic E-state index is 12.1. The molecule has 0 spiro atoms. The van der Waals surface area contributed by atoms with Crippen LogP contribution in [0, 0.1) is 13.8 Å². The number of aryl methyl sites for hydroxylation is 2. The van der Waals surface area contributed by atoms with E-state index in [1.165, 1.54) is 0 Å². The van der Waals surface area contributed by atoms with Crippen LogP contribution in [-0.4, -0.2) is 18.2 Å². The number of hydrogen-bond acceptors (Lipinski definition) is 4.